The molecule has 2 rings (SSSR count). The number of hydrogen-bond acceptors (Lipinski definition) is 4. The molecule has 0 saturated carbocycles. The Kier molecular flexibility index (Phi) is 4.58. The van der Waals surface area contributed by atoms with Crippen LogP contribution in [0.15, 0.2) is 24.3 Å². The third-order valence-corrected chi connectivity index (χ3v) is 3.65. The lowest BCUT2D eigenvalue weighted by atomic mass is 9.94. The van der Waals surface area contributed by atoms with Crippen LogP contribution in [0.5, 0.6) is 0 Å². The van der Waals surface area contributed by atoms with Gasteiger partial charge in [-0.25, -0.2) is 0 Å². The standard InChI is InChI=1S/C16H24N2O2/c1-11(2)18-14(15(19)16(3)10-20-16)8-12-4-6-13(9-17)7-5-12/h4-7,11,14,18H,8-10,17H2,1-3H3/t14-,16+/m0/s1. The Balaban J connectivity index is 2.08. The summed E-state index contributed by atoms with van der Waals surface area (Å²) in [7, 11) is 0. The number of carbonyl (C=O) groups is 1. The molecule has 20 heavy (non-hydrogen) atoms. The maximum Gasteiger partial charge on any atom is 0.183 e. The number of rotatable bonds is 7. The Hall–Kier alpha value is -1.23. The minimum absolute atomic E-state index is 0.147. The first kappa shape index (κ1) is 15.2. The number of epoxide rings is 1. The lowest BCUT2D eigenvalue weighted by molar-refractivity contribution is -0.125. The van der Waals surface area contributed by atoms with Crippen molar-refractivity contribution in [2.24, 2.45) is 5.73 Å². The van der Waals surface area contributed by atoms with Crippen LogP contribution in [0.25, 0.3) is 0 Å². The van der Waals surface area contributed by atoms with E-state index in [4.69, 9.17) is 10.5 Å². The van der Waals surface area contributed by atoms with Crippen LogP contribution in [0.1, 0.15) is 31.9 Å². The van der Waals surface area contributed by atoms with Crippen LogP contribution >= 0.6 is 0 Å². The second-order valence-electron chi connectivity index (χ2n) is 5.98. The van der Waals surface area contributed by atoms with Crippen molar-refractivity contribution in [1.82, 2.24) is 5.32 Å². The zero-order valence-electron chi connectivity index (χ0n) is 12.5. The fourth-order valence-corrected chi connectivity index (χ4v) is 2.30. The van der Waals surface area contributed by atoms with Gasteiger partial charge in [0.1, 0.15) is 5.60 Å². The van der Waals surface area contributed by atoms with Gasteiger partial charge in [-0.05, 0) is 24.5 Å². The van der Waals surface area contributed by atoms with Crippen LogP contribution in [0.2, 0.25) is 0 Å². The maximum absolute atomic E-state index is 12.5. The van der Waals surface area contributed by atoms with Crippen molar-refractivity contribution in [2.75, 3.05) is 6.61 Å². The highest BCUT2D eigenvalue weighted by Crippen LogP contribution is 2.29. The van der Waals surface area contributed by atoms with Gasteiger partial charge in [0, 0.05) is 12.6 Å². The summed E-state index contributed by atoms with van der Waals surface area (Å²) >= 11 is 0. The Morgan fingerprint density at radius 3 is 2.35 bits per heavy atom. The third-order valence-electron chi connectivity index (χ3n) is 3.65. The molecule has 0 aliphatic carbocycles. The van der Waals surface area contributed by atoms with E-state index in [0.717, 1.165) is 11.1 Å². The number of ketones is 1. The molecule has 3 N–H and O–H groups in total. The SMILES string of the molecule is CC(C)N[C@@H](Cc1ccc(CN)cc1)C(=O)[C@@]1(C)CO1. The molecule has 2 atom stereocenters. The average Bonchev–Trinajstić information content (AvgIpc) is 3.17. The summed E-state index contributed by atoms with van der Waals surface area (Å²) < 4.78 is 5.29. The molecule has 110 valence electrons. The van der Waals surface area contributed by atoms with Gasteiger partial charge in [-0.15, -0.1) is 0 Å². The van der Waals surface area contributed by atoms with Gasteiger partial charge in [0.25, 0.3) is 0 Å². The molecule has 0 aromatic heterocycles. The molecule has 1 heterocycles. The molecule has 1 aromatic rings. The van der Waals surface area contributed by atoms with Crippen molar-refractivity contribution in [3.05, 3.63) is 35.4 Å². The molecule has 0 bridgehead atoms. The number of Topliss-reactive ketones (excluding diaryl/α,β-unsaturated/α-hetero) is 1. The number of benzene rings is 1. The van der Waals surface area contributed by atoms with Crippen molar-refractivity contribution in [3.63, 3.8) is 0 Å². The summed E-state index contributed by atoms with van der Waals surface area (Å²) in [6, 6.07) is 8.17. The second kappa shape index (κ2) is 6.04. The molecular weight excluding hydrogens is 252 g/mol. The van der Waals surface area contributed by atoms with Gasteiger partial charge in [0.15, 0.2) is 5.78 Å². The van der Waals surface area contributed by atoms with Crippen LogP contribution in [0.4, 0.5) is 0 Å². The van der Waals surface area contributed by atoms with Crippen LogP contribution in [-0.4, -0.2) is 30.1 Å². The molecule has 0 amide bonds. The minimum atomic E-state index is -0.580. The maximum atomic E-state index is 12.5. The van der Waals surface area contributed by atoms with Crippen LogP contribution in [0, 0.1) is 0 Å². The molecule has 1 aromatic carbocycles. The van der Waals surface area contributed by atoms with E-state index in [1.165, 1.54) is 0 Å². The first-order chi connectivity index (χ1) is 9.44. The normalized spacial score (nSPS) is 22.9. The highest BCUT2D eigenvalue weighted by atomic mass is 16.6. The van der Waals surface area contributed by atoms with Gasteiger partial charge in [-0.3, -0.25) is 4.79 Å². The zero-order chi connectivity index (χ0) is 14.8. The van der Waals surface area contributed by atoms with E-state index in [0.29, 0.717) is 19.6 Å². The summed E-state index contributed by atoms with van der Waals surface area (Å²) in [5.74, 6) is 0.147. The van der Waals surface area contributed by atoms with Crippen LogP contribution < -0.4 is 11.1 Å². The van der Waals surface area contributed by atoms with Crippen molar-refractivity contribution in [1.29, 1.82) is 0 Å². The van der Waals surface area contributed by atoms with E-state index in [1.54, 1.807) is 0 Å². The first-order valence-electron chi connectivity index (χ1n) is 7.17. The van der Waals surface area contributed by atoms with Crippen molar-refractivity contribution in [2.45, 2.75) is 51.4 Å². The molecule has 1 aliphatic rings. The zero-order valence-corrected chi connectivity index (χ0v) is 12.5. The van der Waals surface area contributed by atoms with Crippen LogP contribution in [0.3, 0.4) is 0 Å². The van der Waals surface area contributed by atoms with Gasteiger partial charge in [0.05, 0.1) is 12.6 Å². The topological polar surface area (TPSA) is 67.6 Å². The van der Waals surface area contributed by atoms with E-state index in [-0.39, 0.29) is 17.9 Å². The first-order valence-corrected chi connectivity index (χ1v) is 7.17. The molecular formula is C16H24N2O2. The van der Waals surface area contributed by atoms with Crippen molar-refractivity contribution >= 4 is 5.78 Å². The van der Waals surface area contributed by atoms with Crippen molar-refractivity contribution < 1.29 is 9.53 Å². The summed E-state index contributed by atoms with van der Waals surface area (Å²) in [5, 5.41) is 3.35. The Morgan fingerprint density at radius 2 is 1.90 bits per heavy atom. The lowest BCUT2D eigenvalue weighted by Crippen LogP contribution is -2.47. The molecule has 0 radical (unpaired) electrons. The quantitative estimate of drug-likeness (QED) is 0.739. The number of hydrogen-bond donors (Lipinski definition) is 2. The van der Waals surface area contributed by atoms with Gasteiger partial charge in [-0.1, -0.05) is 38.1 Å². The van der Waals surface area contributed by atoms with Crippen molar-refractivity contribution in [3.8, 4) is 0 Å². The van der Waals surface area contributed by atoms with Crippen LogP contribution in [-0.2, 0) is 22.5 Å². The highest BCUT2D eigenvalue weighted by molar-refractivity contribution is 5.94. The second-order valence-corrected chi connectivity index (χ2v) is 5.98. The Morgan fingerprint density at radius 1 is 1.35 bits per heavy atom. The van der Waals surface area contributed by atoms with E-state index < -0.39 is 5.60 Å². The average molecular weight is 276 g/mol. The summed E-state index contributed by atoms with van der Waals surface area (Å²) in [6.07, 6.45) is 0.681. The fraction of sp³-hybridized carbons (Fsp3) is 0.562. The number of ether oxygens (including phenoxy) is 1. The molecule has 1 fully saturated rings. The third kappa shape index (κ3) is 3.66. The predicted molar refractivity (Wildman–Crippen MR) is 79.5 cm³/mol. The monoisotopic (exact) mass is 276 g/mol. The van der Waals surface area contributed by atoms with Gasteiger partial charge < -0.3 is 15.8 Å². The van der Waals surface area contributed by atoms with Gasteiger partial charge >= 0.3 is 0 Å². The highest BCUT2D eigenvalue weighted by Gasteiger charge is 2.49. The fourth-order valence-electron chi connectivity index (χ4n) is 2.30. The molecule has 4 nitrogen and oxygen atoms in total. The summed E-state index contributed by atoms with van der Waals surface area (Å²) in [5.41, 5.74) is 7.26. The summed E-state index contributed by atoms with van der Waals surface area (Å²) in [4.78, 5) is 12.5. The van der Waals surface area contributed by atoms with Gasteiger partial charge in [-0.2, -0.15) is 0 Å². The lowest BCUT2D eigenvalue weighted by Gasteiger charge is -2.22. The Bertz CT molecular complexity index is 464. The molecule has 1 saturated heterocycles. The summed E-state index contributed by atoms with van der Waals surface area (Å²) in [6.45, 7) is 7.04. The number of carbonyl (C=O) groups excluding carboxylic acids is 1. The molecule has 0 spiro atoms. The smallest absolute Gasteiger partial charge is 0.183 e. The number of nitrogens with one attached hydrogen (secondary N) is 1. The van der Waals surface area contributed by atoms with E-state index in [2.05, 4.69) is 5.32 Å². The van der Waals surface area contributed by atoms with E-state index in [1.807, 2.05) is 45.0 Å². The van der Waals surface area contributed by atoms with Gasteiger partial charge in [0.2, 0.25) is 0 Å². The molecule has 0 unspecified atom stereocenters. The Labute approximate surface area is 120 Å². The van der Waals surface area contributed by atoms with E-state index in [9.17, 15) is 4.79 Å². The predicted octanol–water partition coefficient (Wildman–Crippen LogP) is 1.41. The molecule has 1 aliphatic heterocycles. The minimum Gasteiger partial charge on any atom is -0.362 e. The largest absolute Gasteiger partial charge is 0.362 e. The number of nitrogens with two attached hydrogens (primary N) is 1. The molecule has 4 heteroatoms. The van der Waals surface area contributed by atoms with E-state index >= 15 is 0 Å².